The van der Waals surface area contributed by atoms with Crippen LogP contribution >= 0.6 is 11.8 Å². The molecule has 0 unspecified atom stereocenters. The van der Waals surface area contributed by atoms with Crippen LogP contribution < -0.4 is 10.2 Å². The second kappa shape index (κ2) is 7.91. The summed E-state index contributed by atoms with van der Waals surface area (Å²) < 4.78 is 13.1. The van der Waals surface area contributed by atoms with Crippen LogP contribution in [0.4, 0.5) is 10.1 Å². The van der Waals surface area contributed by atoms with E-state index in [4.69, 9.17) is 0 Å². The SMILES string of the molecule is CC[C@@H](C)NC(=O)c1ccc2c(c1)N(Cc1ccc(F)cc1)CCS2. The lowest BCUT2D eigenvalue weighted by Gasteiger charge is -2.31. The molecule has 25 heavy (non-hydrogen) atoms. The average molecular weight is 358 g/mol. The molecule has 1 heterocycles. The van der Waals surface area contributed by atoms with Gasteiger partial charge in [0, 0.05) is 35.3 Å². The molecular formula is C20H23FN2OS. The smallest absolute Gasteiger partial charge is 0.251 e. The number of amides is 1. The van der Waals surface area contributed by atoms with Crippen LogP contribution in [0.15, 0.2) is 47.4 Å². The summed E-state index contributed by atoms with van der Waals surface area (Å²) in [5.41, 5.74) is 2.83. The Morgan fingerprint density at radius 1 is 1.28 bits per heavy atom. The van der Waals surface area contributed by atoms with Crippen molar-refractivity contribution in [3.63, 3.8) is 0 Å². The number of rotatable bonds is 5. The Hall–Kier alpha value is -2.01. The average Bonchev–Trinajstić information content (AvgIpc) is 2.63. The minimum absolute atomic E-state index is 0.0329. The third-order valence-corrected chi connectivity index (χ3v) is 5.50. The summed E-state index contributed by atoms with van der Waals surface area (Å²) >= 11 is 1.81. The van der Waals surface area contributed by atoms with Gasteiger partial charge in [-0.05, 0) is 49.2 Å². The van der Waals surface area contributed by atoms with E-state index < -0.39 is 0 Å². The van der Waals surface area contributed by atoms with E-state index in [1.165, 1.54) is 17.0 Å². The van der Waals surface area contributed by atoms with Gasteiger partial charge in [-0.2, -0.15) is 0 Å². The number of anilines is 1. The van der Waals surface area contributed by atoms with E-state index in [0.29, 0.717) is 12.1 Å². The van der Waals surface area contributed by atoms with Crippen LogP contribution in [0.5, 0.6) is 0 Å². The topological polar surface area (TPSA) is 32.3 Å². The maximum atomic E-state index is 13.1. The third kappa shape index (κ3) is 4.34. The van der Waals surface area contributed by atoms with Gasteiger partial charge < -0.3 is 10.2 Å². The number of carbonyl (C=O) groups is 1. The number of benzene rings is 2. The highest BCUT2D eigenvalue weighted by Crippen LogP contribution is 2.36. The van der Waals surface area contributed by atoms with Crippen molar-refractivity contribution < 1.29 is 9.18 Å². The van der Waals surface area contributed by atoms with Crippen LogP contribution in [-0.4, -0.2) is 24.2 Å². The van der Waals surface area contributed by atoms with Gasteiger partial charge in [0.1, 0.15) is 5.82 Å². The lowest BCUT2D eigenvalue weighted by atomic mass is 10.1. The van der Waals surface area contributed by atoms with Gasteiger partial charge in [-0.15, -0.1) is 11.8 Å². The summed E-state index contributed by atoms with van der Waals surface area (Å²) in [6.45, 7) is 5.68. The lowest BCUT2D eigenvalue weighted by Crippen LogP contribution is -2.33. The number of nitrogens with one attached hydrogen (secondary N) is 1. The number of hydrogen-bond acceptors (Lipinski definition) is 3. The normalized spacial score (nSPS) is 14.8. The minimum Gasteiger partial charge on any atom is -0.365 e. The second-order valence-corrected chi connectivity index (χ2v) is 7.50. The Kier molecular flexibility index (Phi) is 5.63. The Balaban J connectivity index is 1.82. The molecule has 1 aliphatic heterocycles. The van der Waals surface area contributed by atoms with Crippen LogP contribution in [0.1, 0.15) is 36.2 Å². The van der Waals surface area contributed by atoms with Crippen molar-refractivity contribution >= 4 is 23.4 Å². The van der Waals surface area contributed by atoms with E-state index >= 15 is 0 Å². The highest BCUT2D eigenvalue weighted by molar-refractivity contribution is 7.99. The lowest BCUT2D eigenvalue weighted by molar-refractivity contribution is 0.0939. The van der Waals surface area contributed by atoms with E-state index in [9.17, 15) is 9.18 Å². The number of carbonyl (C=O) groups excluding carboxylic acids is 1. The van der Waals surface area contributed by atoms with E-state index in [0.717, 1.165) is 30.0 Å². The molecule has 2 aromatic carbocycles. The number of halogens is 1. The first kappa shape index (κ1) is 17.8. The quantitative estimate of drug-likeness (QED) is 0.856. The zero-order valence-electron chi connectivity index (χ0n) is 14.6. The van der Waals surface area contributed by atoms with Crippen molar-refractivity contribution in [2.24, 2.45) is 0 Å². The fraction of sp³-hybridized carbons (Fsp3) is 0.350. The first-order valence-electron chi connectivity index (χ1n) is 8.64. The number of fused-ring (bicyclic) bond motifs is 1. The van der Waals surface area contributed by atoms with Gasteiger partial charge in [-0.1, -0.05) is 19.1 Å². The Morgan fingerprint density at radius 3 is 2.76 bits per heavy atom. The molecule has 3 nitrogen and oxygen atoms in total. The fourth-order valence-corrected chi connectivity index (χ4v) is 3.83. The number of thioether (sulfide) groups is 1. The predicted molar refractivity (Wildman–Crippen MR) is 102 cm³/mol. The molecular weight excluding hydrogens is 335 g/mol. The van der Waals surface area contributed by atoms with Crippen molar-refractivity contribution in [1.29, 1.82) is 0 Å². The molecule has 0 spiro atoms. The first-order chi connectivity index (χ1) is 12.1. The fourth-order valence-electron chi connectivity index (χ4n) is 2.80. The van der Waals surface area contributed by atoms with E-state index in [1.54, 1.807) is 0 Å². The molecule has 1 atom stereocenters. The molecule has 1 amide bonds. The van der Waals surface area contributed by atoms with Crippen LogP contribution in [0.3, 0.4) is 0 Å². The Bertz CT molecular complexity index is 748. The minimum atomic E-state index is -0.220. The van der Waals surface area contributed by atoms with Crippen LogP contribution in [-0.2, 0) is 6.54 Å². The standard InChI is InChI=1S/C20H23FN2OS/c1-3-14(2)22-20(24)16-6-9-19-18(12-16)23(10-11-25-19)13-15-4-7-17(21)8-5-15/h4-9,12,14H,3,10-11,13H2,1-2H3,(H,22,24)/t14-/m1/s1. The predicted octanol–water partition coefficient (Wildman–Crippen LogP) is 4.47. The van der Waals surface area contributed by atoms with Crippen molar-refractivity contribution in [2.45, 2.75) is 37.8 Å². The molecule has 0 saturated heterocycles. The van der Waals surface area contributed by atoms with Crippen LogP contribution in [0.2, 0.25) is 0 Å². The molecule has 0 aliphatic carbocycles. The summed E-state index contributed by atoms with van der Waals surface area (Å²) in [5, 5.41) is 3.02. The third-order valence-electron chi connectivity index (χ3n) is 4.46. The maximum absolute atomic E-state index is 13.1. The van der Waals surface area contributed by atoms with Crippen molar-refractivity contribution in [3.8, 4) is 0 Å². The zero-order chi connectivity index (χ0) is 17.8. The molecule has 0 radical (unpaired) electrons. The molecule has 0 fully saturated rings. The molecule has 2 aromatic rings. The summed E-state index contributed by atoms with van der Waals surface area (Å²) in [6, 6.07) is 12.7. The van der Waals surface area contributed by atoms with Gasteiger partial charge in [-0.3, -0.25) is 4.79 Å². The van der Waals surface area contributed by atoms with Crippen molar-refractivity contribution in [1.82, 2.24) is 5.32 Å². The van der Waals surface area contributed by atoms with Gasteiger partial charge in [0.25, 0.3) is 5.91 Å². The van der Waals surface area contributed by atoms with Gasteiger partial charge in [0.2, 0.25) is 0 Å². The summed E-state index contributed by atoms with van der Waals surface area (Å²) in [6.07, 6.45) is 0.906. The Labute approximate surface area is 152 Å². The van der Waals surface area contributed by atoms with Crippen molar-refractivity contribution in [2.75, 3.05) is 17.2 Å². The molecule has 0 saturated carbocycles. The second-order valence-electron chi connectivity index (χ2n) is 6.36. The highest BCUT2D eigenvalue weighted by atomic mass is 32.2. The van der Waals surface area contributed by atoms with Gasteiger partial charge >= 0.3 is 0 Å². The highest BCUT2D eigenvalue weighted by Gasteiger charge is 2.20. The summed E-state index contributed by atoms with van der Waals surface area (Å²) in [5.74, 6) is 0.754. The largest absolute Gasteiger partial charge is 0.365 e. The maximum Gasteiger partial charge on any atom is 0.251 e. The molecule has 1 N–H and O–H groups in total. The number of hydrogen-bond donors (Lipinski definition) is 1. The zero-order valence-corrected chi connectivity index (χ0v) is 15.4. The van der Waals surface area contributed by atoms with Gasteiger partial charge in [-0.25, -0.2) is 4.39 Å². The van der Waals surface area contributed by atoms with E-state index in [-0.39, 0.29) is 17.8 Å². The van der Waals surface area contributed by atoms with E-state index in [1.807, 2.05) is 49.0 Å². The van der Waals surface area contributed by atoms with E-state index in [2.05, 4.69) is 17.1 Å². The molecule has 1 aliphatic rings. The summed E-state index contributed by atoms with van der Waals surface area (Å²) in [4.78, 5) is 15.9. The first-order valence-corrected chi connectivity index (χ1v) is 9.62. The number of nitrogens with zero attached hydrogens (tertiary/aromatic N) is 1. The van der Waals surface area contributed by atoms with Gasteiger partial charge in [0.15, 0.2) is 0 Å². The van der Waals surface area contributed by atoms with Gasteiger partial charge in [0.05, 0.1) is 5.69 Å². The monoisotopic (exact) mass is 358 g/mol. The summed E-state index contributed by atoms with van der Waals surface area (Å²) in [7, 11) is 0. The Morgan fingerprint density at radius 2 is 2.04 bits per heavy atom. The molecule has 0 bridgehead atoms. The molecule has 132 valence electrons. The molecule has 5 heteroatoms. The van der Waals surface area contributed by atoms with Crippen LogP contribution in [0.25, 0.3) is 0 Å². The molecule has 0 aromatic heterocycles. The van der Waals surface area contributed by atoms with Crippen LogP contribution in [0, 0.1) is 5.82 Å². The van der Waals surface area contributed by atoms with Crippen molar-refractivity contribution in [3.05, 3.63) is 59.4 Å². The molecule has 3 rings (SSSR count).